The third-order valence-electron chi connectivity index (χ3n) is 4.83. The zero-order valence-electron chi connectivity index (χ0n) is 18.4. The van der Waals surface area contributed by atoms with Gasteiger partial charge in [-0.1, -0.05) is 22.9 Å². The number of aliphatic carboxylic acids is 1. The number of rotatable bonds is 8. The van der Waals surface area contributed by atoms with Gasteiger partial charge in [0.15, 0.2) is 6.10 Å². The van der Waals surface area contributed by atoms with Gasteiger partial charge >= 0.3 is 5.97 Å². The van der Waals surface area contributed by atoms with Crippen LogP contribution >= 0.6 is 15.9 Å². The molecule has 8 nitrogen and oxygen atoms in total. The van der Waals surface area contributed by atoms with Crippen LogP contribution in [0, 0.1) is 0 Å². The predicted molar refractivity (Wildman–Crippen MR) is 129 cm³/mol. The summed E-state index contributed by atoms with van der Waals surface area (Å²) < 4.78 is 7.73. The number of halogens is 1. The van der Waals surface area contributed by atoms with E-state index >= 15 is 0 Å². The summed E-state index contributed by atoms with van der Waals surface area (Å²) in [5.41, 5.74) is 1.73. The zero-order valence-corrected chi connectivity index (χ0v) is 20.0. The summed E-state index contributed by atoms with van der Waals surface area (Å²) in [5.74, 6) is -0.166. The molecular formula is C23H25BrN4O4. The molecule has 1 aromatic heterocycles. The number of carboxylic acids is 1. The summed E-state index contributed by atoms with van der Waals surface area (Å²) >= 11 is 3.40. The number of hydrogen-bond donors (Lipinski definition) is 1. The van der Waals surface area contributed by atoms with Gasteiger partial charge < -0.3 is 14.7 Å². The van der Waals surface area contributed by atoms with Crippen molar-refractivity contribution in [2.75, 3.05) is 19.0 Å². The molecule has 0 saturated heterocycles. The van der Waals surface area contributed by atoms with Crippen LogP contribution < -0.4 is 15.2 Å². The van der Waals surface area contributed by atoms with Gasteiger partial charge in [0.1, 0.15) is 11.6 Å². The minimum Gasteiger partial charge on any atom is -0.479 e. The zero-order chi connectivity index (χ0) is 23.4. The Labute approximate surface area is 194 Å². The SMILES string of the molecule is CCCc1nc2ccc(Br)cc2c(=O)n1N=Cc1ccc(N(C)C)cc1O[C@@H](C)C(=O)O. The van der Waals surface area contributed by atoms with Crippen LogP contribution in [0.2, 0.25) is 0 Å². The minimum atomic E-state index is -1.08. The molecule has 2 aromatic carbocycles. The molecule has 0 unspecified atom stereocenters. The van der Waals surface area contributed by atoms with Gasteiger partial charge in [0.25, 0.3) is 5.56 Å². The van der Waals surface area contributed by atoms with E-state index in [1.165, 1.54) is 17.8 Å². The van der Waals surface area contributed by atoms with Crippen molar-refractivity contribution in [1.29, 1.82) is 0 Å². The molecule has 0 saturated carbocycles. The molecule has 0 spiro atoms. The molecule has 9 heteroatoms. The van der Waals surface area contributed by atoms with Crippen molar-refractivity contribution < 1.29 is 14.6 Å². The number of hydrogen-bond acceptors (Lipinski definition) is 6. The predicted octanol–water partition coefficient (Wildman–Crippen LogP) is 3.91. The number of ether oxygens (including phenoxy) is 1. The maximum absolute atomic E-state index is 13.2. The Morgan fingerprint density at radius 2 is 2.06 bits per heavy atom. The van der Waals surface area contributed by atoms with Crippen molar-refractivity contribution in [3.05, 3.63) is 62.6 Å². The Morgan fingerprint density at radius 1 is 1.31 bits per heavy atom. The fourth-order valence-corrected chi connectivity index (χ4v) is 3.43. The average molecular weight is 501 g/mol. The van der Waals surface area contributed by atoms with Crippen LogP contribution in [0.5, 0.6) is 5.75 Å². The van der Waals surface area contributed by atoms with Crippen LogP contribution in [0.1, 0.15) is 31.7 Å². The van der Waals surface area contributed by atoms with Crippen LogP contribution in [0.3, 0.4) is 0 Å². The average Bonchev–Trinajstić information content (AvgIpc) is 2.74. The van der Waals surface area contributed by atoms with Crippen LogP contribution in [0.15, 0.2) is 50.8 Å². The second-order valence-electron chi connectivity index (χ2n) is 7.52. The summed E-state index contributed by atoms with van der Waals surface area (Å²) in [7, 11) is 3.76. The van der Waals surface area contributed by atoms with Gasteiger partial charge in [0.2, 0.25) is 0 Å². The molecule has 0 radical (unpaired) electrons. The molecule has 3 aromatic rings. The van der Waals surface area contributed by atoms with E-state index in [4.69, 9.17) is 4.74 Å². The summed E-state index contributed by atoms with van der Waals surface area (Å²) in [6.07, 6.45) is 1.83. The molecule has 0 aliphatic carbocycles. The largest absolute Gasteiger partial charge is 0.479 e. The number of aromatic nitrogens is 2. The lowest BCUT2D eigenvalue weighted by atomic mass is 10.2. The van der Waals surface area contributed by atoms with Gasteiger partial charge in [0.05, 0.1) is 17.1 Å². The first-order chi connectivity index (χ1) is 15.2. The molecule has 0 aliphatic rings. The van der Waals surface area contributed by atoms with Gasteiger partial charge in [-0.05, 0) is 43.7 Å². The fourth-order valence-electron chi connectivity index (χ4n) is 3.07. The van der Waals surface area contributed by atoms with Crippen molar-refractivity contribution in [1.82, 2.24) is 9.66 Å². The van der Waals surface area contributed by atoms with Gasteiger partial charge in [-0.25, -0.2) is 9.78 Å². The molecule has 32 heavy (non-hydrogen) atoms. The lowest BCUT2D eigenvalue weighted by Gasteiger charge is -2.17. The first-order valence-corrected chi connectivity index (χ1v) is 11.0. The Kier molecular flexibility index (Phi) is 7.29. The van der Waals surface area contributed by atoms with E-state index in [9.17, 15) is 14.7 Å². The second-order valence-corrected chi connectivity index (χ2v) is 8.43. The van der Waals surface area contributed by atoms with E-state index in [0.29, 0.717) is 34.5 Å². The first kappa shape index (κ1) is 23.5. The highest BCUT2D eigenvalue weighted by atomic mass is 79.9. The van der Waals surface area contributed by atoms with Crippen molar-refractivity contribution in [2.45, 2.75) is 32.8 Å². The molecule has 0 fully saturated rings. The summed E-state index contributed by atoms with van der Waals surface area (Å²) in [4.78, 5) is 31.0. The minimum absolute atomic E-state index is 0.276. The van der Waals surface area contributed by atoms with Crippen molar-refractivity contribution >= 4 is 44.7 Å². The standard InChI is InChI=1S/C23H25BrN4O4/c1-5-6-21-26-19-10-8-16(24)11-18(19)22(29)28(21)25-13-15-7-9-17(27(3)4)12-20(15)32-14(2)23(30)31/h7-14H,5-6H2,1-4H3,(H,30,31)/t14-/m0/s1. The van der Waals surface area contributed by atoms with Crippen LogP contribution in [-0.4, -0.2) is 47.1 Å². The van der Waals surface area contributed by atoms with Crippen molar-refractivity contribution in [2.24, 2.45) is 5.10 Å². The normalized spacial score (nSPS) is 12.3. The maximum atomic E-state index is 13.2. The van der Waals surface area contributed by atoms with Crippen molar-refractivity contribution in [3.8, 4) is 5.75 Å². The van der Waals surface area contributed by atoms with Crippen LogP contribution in [0.4, 0.5) is 5.69 Å². The number of aryl methyl sites for hydroxylation is 1. The number of carbonyl (C=O) groups is 1. The molecule has 0 bridgehead atoms. The number of fused-ring (bicyclic) bond motifs is 1. The molecule has 1 atom stereocenters. The van der Waals surface area contributed by atoms with E-state index < -0.39 is 12.1 Å². The monoisotopic (exact) mass is 500 g/mol. The number of nitrogens with zero attached hydrogens (tertiary/aromatic N) is 4. The van der Waals surface area contributed by atoms with E-state index in [2.05, 4.69) is 26.0 Å². The first-order valence-electron chi connectivity index (χ1n) is 10.2. The molecule has 168 valence electrons. The number of benzene rings is 2. The third-order valence-corrected chi connectivity index (χ3v) is 5.32. The van der Waals surface area contributed by atoms with Crippen LogP contribution in [0.25, 0.3) is 10.9 Å². The van der Waals surface area contributed by atoms with Crippen molar-refractivity contribution in [3.63, 3.8) is 0 Å². The number of carboxylic acid groups (broad SMARTS) is 1. The smallest absolute Gasteiger partial charge is 0.344 e. The Balaban J connectivity index is 2.11. The molecular weight excluding hydrogens is 476 g/mol. The highest BCUT2D eigenvalue weighted by Gasteiger charge is 2.16. The van der Waals surface area contributed by atoms with Crippen LogP contribution in [-0.2, 0) is 11.2 Å². The highest BCUT2D eigenvalue weighted by Crippen LogP contribution is 2.25. The molecule has 1 N–H and O–H groups in total. The second kappa shape index (κ2) is 9.95. The summed E-state index contributed by atoms with van der Waals surface area (Å²) in [6, 6.07) is 10.8. The third kappa shape index (κ3) is 5.16. The lowest BCUT2D eigenvalue weighted by molar-refractivity contribution is -0.144. The lowest BCUT2D eigenvalue weighted by Crippen LogP contribution is -2.24. The van der Waals surface area contributed by atoms with E-state index in [1.54, 1.807) is 24.3 Å². The van der Waals surface area contributed by atoms with Gasteiger partial charge in [-0.2, -0.15) is 9.78 Å². The molecule has 0 amide bonds. The number of anilines is 1. The molecule has 1 heterocycles. The Morgan fingerprint density at radius 3 is 2.72 bits per heavy atom. The highest BCUT2D eigenvalue weighted by molar-refractivity contribution is 9.10. The maximum Gasteiger partial charge on any atom is 0.344 e. The summed E-state index contributed by atoms with van der Waals surface area (Å²) in [5, 5.41) is 14.1. The van der Waals surface area contributed by atoms with Gasteiger partial charge in [-0.3, -0.25) is 4.79 Å². The molecule has 3 rings (SSSR count). The van der Waals surface area contributed by atoms with E-state index in [0.717, 1.165) is 16.6 Å². The van der Waals surface area contributed by atoms with Gasteiger partial charge in [-0.15, -0.1) is 0 Å². The van der Waals surface area contributed by atoms with Gasteiger partial charge in [0, 0.05) is 42.3 Å². The van der Waals surface area contributed by atoms with E-state index in [1.807, 2.05) is 38.1 Å². The topological polar surface area (TPSA) is 97.0 Å². The fraction of sp³-hybridized carbons (Fsp3) is 0.304. The Bertz CT molecular complexity index is 1240. The quantitative estimate of drug-likeness (QED) is 0.471. The van der Waals surface area contributed by atoms with E-state index in [-0.39, 0.29) is 5.56 Å². The Hall–Kier alpha value is -3.20. The molecule has 0 aliphatic heterocycles. The summed E-state index contributed by atoms with van der Waals surface area (Å²) in [6.45, 7) is 3.46.